The smallest absolute Gasteiger partial charge is 0.279 e. The van der Waals surface area contributed by atoms with Crippen LogP contribution >= 0.6 is 27.3 Å². The first kappa shape index (κ1) is 18.5. The first-order chi connectivity index (χ1) is 11.4. The maximum absolute atomic E-state index is 11.9. The van der Waals surface area contributed by atoms with Crippen molar-refractivity contribution in [2.75, 3.05) is 6.61 Å². The van der Waals surface area contributed by atoms with Crippen LogP contribution in [0.5, 0.6) is 5.75 Å². The predicted molar refractivity (Wildman–Crippen MR) is 98.4 cm³/mol. The number of nitrogens with one attached hydrogen (secondary N) is 2. The molecule has 0 bridgehead atoms. The van der Waals surface area contributed by atoms with Crippen LogP contribution in [0.4, 0.5) is 0 Å². The van der Waals surface area contributed by atoms with Gasteiger partial charge in [-0.15, -0.1) is 11.3 Å². The average molecular weight is 411 g/mol. The van der Waals surface area contributed by atoms with Crippen LogP contribution in [0, 0.1) is 6.92 Å². The number of aryl methyl sites for hydroxylation is 1. The molecule has 0 radical (unpaired) electrons. The second kappa shape index (κ2) is 8.30. The molecule has 2 rings (SSSR count). The van der Waals surface area contributed by atoms with Crippen molar-refractivity contribution in [2.24, 2.45) is 0 Å². The molecule has 1 aromatic heterocycles. The lowest BCUT2D eigenvalue weighted by Crippen LogP contribution is -2.43. The first-order valence-corrected chi connectivity index (χ1v) is 9.11. The highest BCUT2D eigenvalue weighted by atomic mass is 79.9. The van der Waals surface area contributed by atoms with Gasteiger partial charge < -0.3 is 4.74 Å². The molecule has 2 amide bonds. The normalized spacial score (nSPS) is 10.5. The summed E-state index contributed by atoms with van der Waals surface area (Å²) < 4.78 is 6.64. The molecule has 0 aliphatic carbocycles. The minimum absolute atomic E-state index is 0.175. The third kappa shape index (κ3) is 4.82. The Morgan fingerprint density at radius 3 is 2.67 bits per heavy atom. The second-order valence-corrected chi connectivity index (χ2v) is 7.36. The quantitative estimate of drug-likeness (QED) is 0.736. The Morgan fingerprint density at radius 2 is 2.04 bits per heavy atom. The SMILES string of the molecule is Cc1cc(OCC(=O)NNC(=O)c2cccs2)c(C(C)C)cc1Br. The summed E-state index contributed by atoms with van der Waals surface area (Å²) in [7, 11) is 0. The monoisotopic (exact) mass is 410 g/mol. The topological polar surface area (TPSA) is 67.4 Å². The van der Waals surface area contributed by atoms with Crippen molar-refractivity contribution in [1.82, 2.24) is 10.9 Å². The molecule has 0 aliphatic rings. The highest BCUT2D eigenvalue weighted by molar-refractivity contribution is 9.10. The van der Waals surface area contributed by atoms with E-state index in [1.54, 1.807) is 17.5 Å². The van der Waals surface area contributed by atoms with Gasteiger partial charge >= 0.3 is 0 Å². The number of carbonyl (C=O) groups excluding carboxylic acids is 2. The number of rotatable bonds is 5. The summed E-state index contributed by atoms with van der Waals surface area (Å²) in [4.78, 5) is 24.1. The van der Waals surface area contributed by atoms with Gasteiger partial charge in [0.05, 0.1) is 4.88 Å². The van der Waals surface area contributed by atoms with E-state index in [4.69, 9.17) is 4.74 Å². The van der Waals surface area contributed by atoms with Crippen LogP contribution < -0.4 is 15.6 Å². The summed E-state index contributed by atoms with van der Waals surface area (Å²) in [6.07, 6.45) is 0. The van der Waals surface area contributed by atoms with E-state index < -0.39 is 5.91 Å². The van der Waals surface area contributed by atoms with Gasteiger partial charge in [0, 0.05) is 4.47 Å². The number of thiophene rings is 1. The number of hydrogen-bond acceptors (Lipinski definition) is 4. The second-order valence-electron chi connectivity index (χ2n) is 5.56. The van der Waals surface area contributed by atoms with Crippen LogP contribution in [-0.2, 0) is 4.79 Å². The van der Waals surface area contributed by atoms with Crippen molar-refractivity contribution in [3.63, 3.8) is 0 Å². The molecule has 0 saturated heterocycles. The zero-order valence-electron chi connectivity index (χ0n) is 13.7. The molecule has 2 N–H and O–H groups in total. The van der Waals surface area contributed by atoms with Crippen molar-refractivity contribution >= 4 is 39.1 Å². The third-order valence-corrected chi connectivity index (χ3v) is 5.06. The molecule has 24 heavy (non-hydrogen) atoms. The van der Waals surface area contributed by atoms with E-state index in [-0.39, 0.29) is 18.4 Å². The summed E-state index contributed by atoms with van der Waals surface area (Å²) in [5.41, 5.74) is 6.76. The molecule has 7 heteroatoms. The third-order valence-electron chi connectivity index (χ3n) is 3.33. The van der Waals surface area contributed by atoms with Crippen molar-refractivity contribution in [3.8, 4) is 5.75 Å². The van der Waals surface area contributed by atoms with E-state index in [1.807, 2.05) is 19.1 Å². The van der Waals surface area contributed by atoms with E-state index in [0.717, 1.165) is 15.6 Å². The highest BCUT2D eigenvalue weighted by Crippen LogP contribution is 2.32. The van der Waals surface area contributed by atoms with Crippen LogP contribution in [0.25, 0.3) is 0 Å². The first-order valence-electron chi connectivity index (χ1n) is 7.44. The van der Waals surface area contributed by atoms with Crippen LogP contribution in [-0.4, -0.2) is 18.4 Å². The number of hydrazine groups is 1. The Labute approximate surface area is 153 Å². The summed E-state index contributed by atoms with van der Waals surface area (Å²) in [5.74, 6) is 0.166. The van der Waals surface area contributed by atoms with Gasteiger partial charge in [0.1, 0.15) is 5.75 Å². The molecule has 0 aliphatic heterocycles. The van der Waals surface area contributed by atoms with Crippen LogP contribution in [0.2, 0.25) is 0 Å². The van der Waals surface area contributed by atoms with Gasteiger partial charge in [0.25, 0.3) is 11.8 Å². The Kier molecular flexibility index (Phi) is 6.39. The van der Waals surface area contributed by atoms with Crippen LogP contribution in [0.15, 0.2) is 34.1 Å². The molecule has 0 saturated carbocycles. The number of benzene rings is 1. The van der Waals surface area contributed by atoms with E-state index in [9.17, 15) is 9.59 Å². The number of hydrogen-bond donors (Lipinski definition) is 2. The van der Waals surface area contributed by atoms with Gasteiger partial charge in [-0.25, -0.2) is 0 Å². The largest absolute Gasteiger partial charge is 0.483 e. The molecule has 0 unspecified atom stereocenters. The lowest BCUT2D eigenvalue weighted by Gasteiger charge is -2.16. The number of ether oxygens (including phenoxy) is 1. The van der Waals surface area contributed by atoms with E-state index in [0.29, 0.717) is 10.6 Å². The van der Waals surface area contributed by atoms with Crippen molar-refractivity contribution in [2.45, 2.75) is 26.7 Å². The Balaban J connectivity index is 1.92. The molecular weight excluding hydrogens is 392 g/mol. The molecule has 1 aromatic carbocycles. The van der Waals surface area contributed by atoms with Crippen LogP contribution in [0.1, 0.15) is 40.6 Å². The molecule has 0 fully saturated rings. The van der Waals surface area contributed by atoms with Crippen molar-refractivity contribution < 1.29 is 14.3 Å². The number of amides is 2. The zero-order chi connectivity index (χ0) is 17.7. The molecular formula is C17H19BrN2O3S. The van der Waals surface area contributed by atoms with Gasteiger partial charge in [-0.05, 0) is 47.5 Å². The van der Waals surface area contributed by atoms with Gasteiger partial charge in [0.2, 0.25) is 0 Å². The van der Waals surface area contributed by atoms with Gasteiger partial charge in [-0.1, -0.05) is 35.8 Å². The van der Waals surface area contributed by atoms with Gasteiger partial charge in [0.15, 0.2) is 6.61 Å². The summed E-state index contributed by atoms with van der Waals surface area (Å²) >= 11 is 4.81. The maximum Gasteiger partial charge on any atom is 0.279 e. The molecule has 0 atom stereocenters. The lowest BCUT2D eigenvalue weighted by atomic mass is 10.0. The summed E-state index contributed by atoms with van der Waals surface area (Å²) in [5, 5.41) is 1.79. The Hall–Kier alpha value is -1.86. The van der Waals surface area contributed by atoms with E-state index in [1.165, 1.54) is 11.3 Å². The van der Waals surface area contributed by atoms with Crippen molar-refractivity contribution in [1.29, 1.82) is 0 Å². The number of carbonyl (C=O) groups is 2. The predicted octanol–water partition coefficient (Wildman–Crippen LogP) is 3.78. The maximum atomic E-state index is 11.9. The molecule has 5 nitrogen and oxygen atoms in total. The minimum Gasteiger partial charge on any atom is -0.483 e. The molecule has 2 aromatic rings. The molecule has 0 spiro atoms. The highest BCUT2D eigenvalue weighted by Gasteiger charge is 2.13. The Bertz CT molecular complexity index is 730. The lowest BCUT2D eigenvalue weighted by molar-refractivity contribution is -0.123. The van der Waals surface area contributed by atoms with Crippen LogP contribution in [0.3, 0.4) is 0 Å². The fourth-order valence-electron chi connectivity index (χ4n) is 2.02. The fourth-order valence-corrected chi connectivity index (χ4v) is 3.00. The van der Waals surface area contributed by atoms with Gasteiger partial charge in [-0.3, -0.25) is 20.4 Å². The summed E-state index contributed by atoms with van der Waals surface area (Å²) in [6, 6.07) is 7.36. The minimum atomic E-state index is -0.421. The average Bonchev–Trinajstić information content (AvgIpc) is 3.07. The zero-order valence-corrected chi connectivity index (χ0v) is 16.1. The molecule has 1 heterocycles. The molecule has 128 valence electrons. The van der Waals surface area contributed by atoms with Gasteiger partial charge in [-0.2, -0.15) is 0 Å². The van der Waals surface area contributed by atoms with E-state index in [2.05, 4.69) is 40.6 Å². The fraction of sp³-hybridized carbons (Fsp3) is 0.294. The standard InChI is InChI=1S/C17H19BrN2O3S/c1-10(2)12-8-13(18)11(3)7-14(12)23-9-16(21)19-20-17(22)15-5-4-6-24-15/h4-8,10H,9H2,1-3H3,(H,19,21)(H,20,22). The van der Waals surface area contributed by atoms with E-state index >= 15 is 0 Å². The number of halogens is 1. The Morgan fingerprint density at radius 1 is 1.29 bits per heavy atom. The summed E-state index contributed by atoms with van der Waals surface area (Å²) in [6.45, 7) is 5.91. The van der Waals surface area contributed by atoms with Crippen molar-refractivity contribution in [3.05, 3.63) is 50.1 Å².